The summed E-state index contributed by atoms with van der Waals surface area (Å²) >= 11 is 0. The molecule has 0 aliphatic heterocycles. The lowest BCUT2D eigenvalue weighted by atomic mass is 10.00. The van der Waals surface area contributed by atoms with E-state index in [-0.39, 0.29) is 5.84 Å². The van der Waals surface area contributed by atoms with E-state index >= 15 is 0 Å². The summed E-state index contributed by atoms with van der Waals surface area (Å²) in [7, 11) is 0. The predicted molar refractivity (Wildman–Crippen MR) is 98.8 cm³/mol. The largest absolute Gasteiger partial charge is 0.455 e. The number of ether oxygens (including phenoxy) is 2. The third-order valence-corrected chi connectivity index (χ3v) is 3.41. The number of benzene rings is 2. The van der Waals surface area contributed by atoms with E-state index in [2.05, 4.69) is 4.99 Å². The first-order valence-electron chi connectivity index (χ1n) is 8.11. The Labute approximate surface area is 152 Å². The van der Waals surface area contributed by atoms with Crippen molar-refractivity contribution in [2.45, 2.75) is 32.5 Å². The van der Waals surface area contributed by atoms with Gasteiger partial charge in [-0.25, -0.2) is 4.79 Å². The maximum Gasteiger partial charge on any atom is 0.436 e. The zero-order valence-electron chi connectivity index (χ0n) is 15.0. The SMILES string of the molecule is CC(C)(C)OC(=O)N=C(N)c1ccc(C(OC=O)c2ccccc2)cc1. The van der Waals surface area contributed by atoms with E-state index < -0.39 is 17.8 Å². The average molecular weight is 354 g/mol. The highest BCUT2D eigenvalue weighted by atomic mass is 16.6. The number of hydrogen-bond acceptors (Lipinski definition) is 4. The molecular formula is C20H22N2O4. The second-order valence-corrected chi connectivity index (χ2v) is 6.62. The summed E-state index contributed by atoms with van der Waals surface area (Å²) in [5.74, 6) is 0.0540. The van der Waals surface area contributed by atoms with Crippen molar-refractivity contribution in [1.29, 1.82) is 0 Å². The molecule has 0 aliphatic carbocycles. The van der Waals surface area contributed by atoms with E-state index in [1.165, 1.54) is 0 Å². The van der Waals surface area contributed by atoms with Crippen LogP contribution in [0.1, 0.15) is 43.6 Å². The second kappa shape index (κ2) is 8.29. The number of carbonyl (C=O) groups excluding carboxylic acids is 2. The molecule has 0 aromatic heterocycles. The minimum atomic E-state index is -0.745. The van der Waals surface area contributed by atoms with Crippen molar-refractivity contribution in [3.63, 3.8) is 0 Å². The van der Waals surface area contributed by atoms with Gasteiger partial charge in [-0.15, -0.1) is 0 Å². The van der Waals surface area contributed by atoms with Crippen LogP contribution in [-0.2, 0) is 14.3 Å². The number of nitrogens with zero attached hydrogens (tertiary/aromatic N) is 1. The van der Waals surface area contributed by atoms with Gasteiger partial charge in [-0.3, -0.25) is 4.79 Å². The summed E-state index contributed by atoms with van der Waals surface area (Å²) in [6.45, 7) is 5.68. The zero-order chi connectivity index (χ0) is 19.2. The van der Waals surface area contributed by atoms with Gasteiger partial charge >= 0.3 is 6.09 Å². The number of carbonyl (C=O) groups is 2. The molecule has 136 valence electrons. The van der Waals surface area contributed by atoms with Crippen LogP contribution in [0.3, 0.4) is 0 Å². The molecule has 1 atom stereocenters. The molecule has 0 bridgehead atoms. The Morgan fingerprint density at radius 2 is 1.62 bits per heavy atom. The fourth-order valence-corrected chi connectivity index (χ4v) is 2.31. The maximum absolute atomic E-state index is 11.7. The first-order chi connectivity index (χ1) is 12.3. The van der Waals surface area contributed by atoms with Gasteiger partial charge < -0.3 is 15.2 Å². The third kappa shape index (κ3) is 5.44. The van der Waals surface area contributed by atoms with Crippen LogP contribution in [-0.4, -0.2) is 24.0 Å². The number of nitrogens with two attached hydrogens (primary N) is 1. The van der Waals surface area contributed by atoms with Gasteiger partial charge in [-0.05, 0) is 31.9 Å². The molecule has 2 aromatic rings. The monoisotopic (exact) mass is 354 g/mol. The molecule has 6 heteroatoms. The van der Waals surface area contributed by atoms with Crippen LogP contribution >= 0.6 is 0 Å². The van der Waals surface area contributed by atoms with Gasteiger partial charge in [0, 0.05) is 5.56 Å². The molecule has 6 nitrogen and oxygen atoms in total. The van der Waals surface area contributed by atoms with Crippen molar-refractivity contribution in [3.8, 4) is 0 Å². The molecule has 0 fully saturated rings. The molecule has 2 aromatic carbocycles. The molecule has 1 amide bonds. The van der Waals surface area contributed by atoms with Crippen molar-refractivity contribution < 1.29 is 19.1 Å². The smallest absolute Gasteiger partial charge is 0.436 e. The number of amidine groups is 1. The van der Waals surface area contributed by atoms with Crippen LogP contribution in [0.5, 0.6) is 0 Å². The number of hydrogen-bond donors (Lipinski definition) is 1. The first-order valence-corrected chi connectivity index (χ1v) is 8.11. The number of rotatable bonds is 5. The number of aliphatic imine (C=N–C) groups is 1. The van der Waals surface area contributed by atoms with Crippen LogP contribution in [0.15, 0.2) is 59.6 Å². The summed E-state index contributed by atoms with van der Waals surface area (Å²) < 4.78 is 10.3. The summed E-state index contributed by atoms with van der Waals surface area (Å²) in [6.07, 6.45) is -1.27. The quantitative estimate of drug-likeness (QED) is 0.503. The third-order valence-electron chi connectivity index (χ3n) is 3.41. The molecule has 0 heterocycles. The van der Waals surface area contributed by atoms with Gasteiger partial charge in [0.05, 0.1) is 0 Å². The summed E-state index contributed by atoms with van der Waals surface area (Å²) in [4.78, 5) is 26.3. The molecule has 1 unspecified atom stereocenters. The van der Waals surface area contributed by atoms with Crippen molar-refractivity contribution >= 4 is 18.4 Å². The highest BCUT2D eigenvalue weighted by Gasteiger charge is 2.17. The topological polar surface area (TPSA) is 91.0 Å². The first kappa shape index (κ1) is 19.2. The second-order valence-electron chi connectivity index (χ2n) is 6.62. The molecule has 0 spiro atoms. The highest BCUT2D eigenvalue weighted by molar-refractivity contribution is 6.02. The Kier molecular flexibility index (Phi) is 6.11. The maximum atomic E-state index is 11.7. The van der Waals surface area contributed by atoms with E-state index in [0.29, 0.717) is 12.0 Å². The van der Waals surface area contributed by atoms with E-state index in [0.717, 1.165) is 11.1 Å². The Morgan fingerprint density at radius 3 is 2.15 bits per heavy atom. The van der Waals surface area contributed by atoms with Crippen LogP contribution in [0.2, 0.25) is 0 Å². The van der Waals surface area contributed by atoms with Crippen LogP contribution in [0.25, 0.3) is 0 Å². The van der Waals surface area contributed by atoms with Gasteiger partial charge in [0.25, 0.3) is 6.47 Å². The van der Waals surface area contributed by atoms with Gasteiger partial charge in [-0.1, -0.05) is 54.6 Å². The van der Waals surface area contributed by atoms with Crippen LogP contribution < -0.4 is 5.73 Å². The Bertz CT molecular complexity index is 778. The Balaban J connectivity index is 2.21. The Morgan fingerprint density at radius 1 is 1.04 bits per heavy atom. The minimum Gasteiger partial charge on any atom is -0.455 e. The van der Waals surface area contributed by atoms with Gasteiger partial charge in [0.15, 0.2) is 6.10 Å². The fourth-order valence-electron chi connectivity index (χ4n) is 2.31. The van der Waals surface area contributed by atoms with Gasteiger partial charge in [0.1, 0.15) is 11.4 Å². The van der Waals surface area contributed by atoms with E-state index in [1.807, 2.05) is 30.3 Å². The normalized spacial score (nSPS) is 13.0. The average Bonchev–Trinajstić information content (AvgIpc) is 2.59. The lowest BCUT2D eigenvalue weighted by Crippen LogP contribution is -2.24. The zero-order valence-corrected chi connectivity index (χ0v) is 15.0. The molecule has 0 saturated carbocycles. The van der Waals surface area contributed by atoms with Gasteiger partial charge in [-0.2, -0.15) is 4.99 Å². The number of amides is 1. The lowest BCUT2D eigenvalue weighted by Gasteiger charge is -2.17. The fraction of sp³-hybridized carbons (Fsp3) is 0.250. The Hall–Kier alpha value is -3.15. The molecule has 26 heavy (non-hydrogen) atoms. The van der Waals surface area contributed by atoms with Crippen molar-refractivity contribution in [2.75, 3.05) is 0 Å². The summed E-state index contributed by atoms with van der Waals surface area (Å²) in [5, 5.41) is 0. The molecule has 0 saturated heterocycles. The molecule has 2 N–H and O–H groups in total. The molecule has 0 aliphatic rings. The highest BCUT2D eigenvalue weighted by Crippen LogP contribution is 2.25. The summed E-state index contributed by atoms with van der Waals surface area (Å²) in [6, 6.07) is 16.3. The standard InChI is InChI=1S/C20H22N2O4/c1-20(2,3)26-19(24)22-18(21)16-11-9-15(10-12-16)17(25-13-23)14-7-5-4-6-8-14/h4-13,17H,1-3H3,(H2,21,22,24). The van der Waals surface area contributed by atoms with Gasteiger partial charge in [0.2, 0.25) is 0 Å². The van der Waals surface area contributed by atoms with Crippen molar-refractivity contribution in [1.82, 2.24) is 0 Å². The summed E-state index contributed by atoms with van der Waals surface area (Å²) in [5.41, 5.74) is 7.43. The van der Waals surface area contributed by atoms with Crippen molar-refractivity contribution in [2.24, 2.45) is 10.7 Å². The van der Waals surface area contributed by atoms with Crippen molar-refractivity contribution in [3.05, 3.63) is 71.3 Å². The minimum absolute atomic E-state index is 0.0540. The van der Waals surface area contributed by atoms with E-state index in [1.54, 1.807) is 45.0 Å². The van der Waals surface area contributed by atoms with E-state index in [4.69, 9.17) is 15.2 Å². The van der Waals surface area contributed by atoms with Crippen LogP contribution in [0.4, 0.5) is 4.79 Å². The molecular weight excluding hydrogens is 332 g/mol. The predicted octanol–water partition coefficient (Wildman–Crippen LogP) is 3.59. The lowest BCUT2D eigenvalue weighted by molar-refractivity contribution is -0.132. The van der Waals surface area contributed by atoms with Crippen LogP contribution in [0, 0.1) is 0 Å². The molecule has 2 rings (SSSR count). The molecule has 0 radical (unpaired) electrons. The van der Waals surface area contributed by atoms with E-state index in [9.17, 15) is 9.59 Å².